The van der Waals surface area contributed by atoms with Gasteiger partial charge in [0.1, 0.15) is 0 Å². The number of hydrogen-bond donors (Lipinski definition) is 3. The van der Waals surface area contributed by atoms with E-state index in [1.165, 1.54) is 0 Å². The van der Waals surface area contributed by atoms with Crippen LogP contribution in [0.4, 0.5) is 0 Å². The summed E-state index contributed by atoms with van der Waals surface area (Å²) in [4.78, 5) is 22.3. The molecule has 0 aromatic rings. The summed E-state index contributed by atoms with van der Waals surface area (Å²) in [5.41, 5.74) is 0. The Balaban J connectivity index is 4.07. The van der Waals surface area contributed by atoms with Crippen LogP contribution >= 0.6 is 0 Å². The van der Waals surface area contributed by atoms with E-state index in [2.05, 4.69) is 10.6 Å². The summed E-state index contributed by atoms with van der Waals surface area (Å²) in [6.07, 6.45) is 0. The topological polar surface area (TPSA) is 78.4 Å². The van der Waals surface area contributed by atoms with Crippen LogP contribution in [0.3, 0.4) is 0 Å². The predicted octanol–water partition coefficient (Wildman–Crippen LogP) is 0.457. The molecule has 0 aromatic carbocycles. The van der Waals surface area contributed by atoms with Crippen molar-refractivity contribution in [3.8, 4) is 0 Å². The van der Waals surface area contributed by atoms with E-state index in [0.29, 0.717) is 6.54 Å². The number of amides is 1. The Hall–Kier alpha value is -1.10. The molecule has 0 heterocycles. The average Bonchev–Trinajstić information content (AvgIpc) is 2.24. The van der Waals surface area contributed by atoms with Crippen molar-refractivity contribution in [3.63, 3.8) is 0 Å². The molecule has 3 unspecified atom stereocenters. The third-order valence-electron chi connectivity index (χ3n) is 2.66. The highest BCUT2D eigenvalue weighted by molar-refractivity contribution is 5.80. The molecule has 1 amide bonds. The lowest BCUT2D eigenvalue weighted by molar-refractivity contribution is -0.142. The SMILES string of the molecule is CCNCC(C)C(=O)NC(C)C(C)C(=O)O. The fourth-order valence-corrected chi connectivity index (χ4v) is 1.16. The highest BCUT2D eigenvalue weighted by atomic mass is 16.4. The van der Waals surface area contributed by atoms with Crippen LogP contribution in [0.5, 0.6) is 0 Å². The zero-order valence-electron chi connectivity index (χ0n) is 10.4. The van der Waals surface area contributed by atoms with Crippen LogP contribution in [0.15, 0.2) is 0 Å². The van der Waals surface area contributed by atoms with Gasteiger partial charge < -0.3 is 15.7 Å². The van der Waals surface area contributed by atoms with E-state index in [1.807, 2.05) is 13.8 Å². The second kappa shape index (κ2) is 7.22. The molecule has 0 saturated carbocycles. The maximum atomic E-state index is 11.6. The predicted molar refractivity (Wildman–Crippen MR) is 62.1 cm³/mol. The van der Waals surface area contributed by atoms with Crippen molar-refractivity contribution >= 4 is 11.9 Å². The van der Waals surface area contributed by atoms with E-state index >= 15 is 0 Å². The highest BCUT2D eigenvalue weighted by Gasteiger charge is 2.22. The maximum Gasteiger partial charge on any atom is 0.308 e. The minimum atomic E-state index is -0.896. The Labute approximate surface area is 96.6 Å². The Morgan fingerprint density at radius 2 is 1.81 bits per heavy atom. The zero-order valence-corrected chi connectivity index (χ0v) is 10.4. The van der Waals surface area contributed by atoms with Gasteiger partial charge in [-0.1, -0.05) is 13.8 Å². The van der Waals surface area contributed by atoms with Gasteiger partial charge in [-0.25, -0.2) is 0 Å². The number of carboxylic acid groups (broad SMARTS) is 1. The molecule has 3 atom stereocenters. The van der Waals surface area contributed by atoms with Crippen molar-refractivity contribution in [2.24, 2.45) is 11.8 Å². The molecule has 0 bridgehead atoms. The monoisotopic (exact) mass is 230 g/mol. The molecular formula is C11H22N2O3. The van der Waals surface area contributed by atoms with Crippen molar-refractivity contribution in [2.45, 2.75) is 33.7 Å². The molecule has 3 N–H and O–H groups in total. The molecule has 0 aliphatic rings. The first-order chi connectivity index (χ1) is 7.40. The van der Waals surface area contributed by atoms with Gasteiger partial charge >= 0.3 is 5.97 Å². The van der Waals surface area contributed by atoms with Gasteiger partial charge in [0.05, 0.1) is 5.92 Å². The molecule has 94 valence electrons. The molecule has 0 aliphatic carbocycles. The van der Waals surface area contributed by atoms with Gasteiger partial charge in [0.15, 0.2) is 0 Å². The molecule has 16 heavy (non-hydrogen) atoms. The number of carboxylic acids is 1. The minimum Gasteiger partial charge on any atom is -0.481 e. The molecule has 0 spiro atoms. The lowest BCUT2D eigenvalue weighted by Crippen LogP contribution is -2.44. The first-order valence-electron chi connectivity index (χ1n) is 5.64. The molecule has 0 fully saturated rings. The van der Waals surface area contributed by atoms with Crippen LogP contribution in [0.25, 0.3) is 0 Å². The third-order valence-corrected chi connectivity index (χ3v) is 2.66. The Kier molecular flexibility index (Phi) is 6.72. The van der Waals surface area contributed by atoms with Gasteiger partial charge in [-0.2, -0.15) is 0 Å². The Bertz CT molecular complexity index is 243. The van der Waals surface area contributed by atoms with Crippen LogP contribution in [-0.2, 0) is 9.59 Å². The molecule has 5 heteroatoms. The number of hydrogen-bond acceptors (Lipinski definition) is 3. The van der Waals surface area contributed by atoms with Crippen LogP contribution in [0.1, 0.15) is 27.7 Å². The number of aliphatic carboxylic acids is 1. The van der Waals surface area contributed by atoms with E-state index in [1.54, 1.807) is 13.8 Å². The second-order valence-electron chi connectivity index (χ2n) is 4.13. The summed E-state index contributed by atoms with van der Waals surface area (Å²) in [6.45, 7) is 8.50. The van der Waals surface area contributed by atoms with E-state index in [9.17, 15) is 9.59 Å². The molecule has 0 saturated heterocycles. The molecule has 5 nitrogen and oxygen atoms in total. The lowest BCUT2D eigenvalue weighted by Gasteiger charge is -2.20. The summed E-state index contributed by atoms with van der Waals surface area (Å²) in [6, 6.07) is -0.353. The lowest BCUT2D eigenvalue weighted by atomic mass is 10.0. The fourth-order valence-electron chi connectivity index (χ4n) is 1.16. The summed E-state index contributed by atoms with van der Waals surface area (Å²) in [5.74, 6) is -1.73. The van der Waals surface area contributed by atoms with Gasteiger partial charge in [-0.3, -0.25) is 9.59 Å². The van der Waals surface area contributed by atoms with Gasteiger partial charge in [-0.15, -0.1) is 0 Å². The van der Waals surface area contributed by atoms with Gasteiger partial charge in [0, 0.05) is 18.5 Å². The first kappa shape index (κ1) is 14.9. The van der Waals surface area contributed by atoms with E-state index in [4.69, 9.17) is 5.11 Å². The van der Waals surface area contributed by atoms with E-state index in [0.717, 1.165) is 6.54 Å². The van der Waals surface area contributed by atoms with Crippen molar-refractivity contribution in [3.05, 3.63) is 0 Å². The molecule has 0 aliphatic heterocycles. The average molecular weight is 230 g/mol. The summed E-state index contributed by atoms with van der Waals surface area (Å²) >= 11 is 0. The second-order valence-corrected chi connectivity index (χ2v) is 4.13. The number of carbonyl (C=O) groups is 2. The van der Waals surface area contributed by atoms with Crippen LogP contribution in [0.2, 0.25) is 0 Å². The van der Waals surface area contributed by atoms with Crippen LogP contribution in [0, 0.1) is 11.8 Å². The molecular weight excluding hydrogens is 208 g/mol. The first-order valence-corrected chi connectivity index (χ1v) is 5.64. The van der Waals surface area contributed by atoms with E-state index in [-0.39, 0.29) is 17.9 Å². The van der Waals surface area contributed by atoms with Crippen molar-refractivity contribution in [1.82, 2.24) is 10.6 Å². The van der Waals surface area contributed by atoms with Crippen LogP contribution < -0.4 is 10.6 Å². The maximum absolute atomic E-state index is 11.6. The smallest absolute Gasteiger partial charge is 0.308 e. The number of rotatable bonds is 7. The summed E-state index contributed by atoms with van der Waals surface area (Å²) in [5, 5.41) is 14.6. The van der Waals surface area contributed by atoms with Gasteiger partial charge in [0.25, 0.3) is 0 Å². The van der Waals surface area contributed by atoms with Crippen molar-refractivity contribution in [2.75, 3.05) is 13.1 Å². The van der Waals surface area contributed by atoms with Gasteiger partial charge in [-0.05, 0) is 20.4 Å². The summed E-state index contributed by atoms with van der Waals surface area (Å²) < 4.78 is 0. The number of nitrogens with one attached hydrogen (secondary N) is 2. The largest absolute Gasteiger partial charge is 0.481 e. The molecule has 0 radical (unpaired) electrons. The fraction of sp³-hybridized carbons (Fsp3) is 0.818. The normalized spacial score (nSPS) is 16.2. The Morgan fingerprint density at radius 1 is 1.25 bits per heavy atom. The zero-order chi connectivity index (χ0) is 12.7. The van der Waals surface area contributed by atoms with Crippen molar-refractivity contribution < 1.29 is 14.7 Å². The van der Waals surface area contributed by atoms with Crippen LogP contribution in [-0.4, -0.2) is 36.1 Å². The number of carbonyl (C=O) groups excluding carboxylic acids is 1. The Morgan fingerprint density at radius 3 is 2.25 bits per heavy atom. The minimum absolute atomic E-state index is 0.110. The quantitative estimate of drug-likeness (QED) is 0.593. The van der Waals surface area contributed by atoms with Crippen molar-refractivity contribution in [1.29, 1.82) is 0 Å². The highest BCUT2D eigenvalue weighted by Crippen LogP contribution is 2.04. The molecule has 0 rings (SSSR count). The van der Waals surface area contributed by atoms with Gasteiger partial charge in [0.2, 0.25) is 5.91 Å². The molecule has 0 aromatic heterocycles. The third kappa shape index (κ3) is 5.11. The standard InChI is InChI=1S/C11H22N2O3/c1-5-12-6-7(2)10(14)13-9(4)8(3)11(15)16/h7-9,12H,5-6H2,1-4H3,(H,13,14)(H,15,16). The summed E-state index contributed by atoms with van der Waals surface area (Å²) in [7, 11) is 0. The van der Waals surface area contributed by atoms with E-state index < -0.39 is 11.9 Å².